The van der Waals surface area contributed by atoms with E-state index in [1.54, 1.807) is 7.05 Å². The zero-order chi connectivity index (χ0) is 12.7. The molecule has 0 saturated carbocycles. The average molecular weight is 248 g/mol. The highest BCUT2D eigenvalue weighted by Crippen LogP contribution is 2.37. The van der Waals surface area contributed by atoms with Crippen LogP contribution in [0.4, 0.5) is 11.4 Å². The lowest BCUT2D eigenvalue weighted by atomic mass is 10.1. The molecule has 0 aromatic heterocycles. The summed E-state index contributed by atoms with van der Waals surface area (Å²) < 4.78 is 5.32. The number of rotatable bonds is 1. The topological polar surface area (TPSA) is 53.0 Å². The van der Waals surface area contributed by atoms with Crippen molar-refractivity contribution in [3.63, 3.8) is 0 Å². The zero-order valence-electron chi connectivity index (χ0n) is 10.3. The molecule has 0 bridgehead atoms. The second kappa shape index (κ2) is 4.26. The smallest absolute Gasteiger partial charge is 0.260 e. The lowest BCUT2D eigenvalue weighted by Gasteiger charge is -2.29. The predicted octanol–water partition coefficient (Wildman–Crippen LogP) is 0.533. The van der Waals surface area contributed by atoms with Gasteiger partial charge in [0.1, 0.15) is 0 Å². The van der Waals surface area contributed by atoms with Crippen LogP contribution in [-0.2, 0) is 9.53 Å². The molecular formula is C13H16N2O3. The Morgan fingerprint density at radius 1 is 1.33 bits per heavy atom. The second-order valence-corrected chi connectivity index (χ2v) is 4.64. The summed E-state index contributed by atoms with van der Waals surface area (Å²) in [6.07, 6.45) is -1.01. The maximum absolute atomic E-state index is 11.7. The summed E-state index contributed by atoms with van der Waals surface area (Å²) in [7, 11) is 1.69. The van der Waals surface area contributed by atoms with Crippen molar-refractivity contribution < 1.29 is 14.6 Å². The first-order valence-corrected chi connectivity index (χ1v) is 6.11. The molecule has 3 rings (SSSR count). The predicted molar refractivity (Wildman–Crippen MR) is 67.8 cm³/mol. The van der Waals surface area contributed by atoms with Gasteiger partial charge in [-0.3, -0.25) is 4.79 Å². The van der Waals surface area contributed by atoms with Crippen LogP contribution in [0.3, 0.4) is 0 Å². The fourth-order valence-corrected chi connectivity index (χ4v) is 2.51. The van der Waals surface area contributed by atoms with Crippen molar-refractivity contribution in [2.45, 2.75) is 6.10 Å². The number of hydrogen-bond acceptors (Lipinski definition) is 4. The maximum Gasteiger partial charge on any atom is 0.260 e. The number of aliphatic hydroxyl groups excluding tert-OH is 1. The van der Waals surface area contributed by atoms with E-state index < -0.39 is 6.10 Å². The number of carbonyl (C=O) groups is 1. The van der Waals surface area contributed by atoms with Crippen LogP contribution in [-0.4, -0.2) is 44.4 Å². The number of morpholine rings is 1. The Labute approximate surface area is 106 Å². The first-order chi connectivity index (χ1) is 8.68. The molecular weight excluding hydrogens is 232 g/mol. The van der Waals surface area contributed by atoms with E-state index in [0.29, 0.717) is 5.56 Å². The molecule has 2 aliphatic rings. The van der Waals surface area contributed by atoms with Crippen molar-refractivity contribution >= 4 is 17.3 Å². The Kier molecular flexibility index (Phi) is 2.72. The van der Waals surface area contributed by atoms with Gasteiger partial charge in [-0.05, 0) is 12.1 Å². The standard InChI is InChI=1S/C13H16N2O3/c1-14-11-8-9(15-4-6-18-7-5-15)2-3-10(11)12(16)13(14)17/h2-3,8,12,16H,4-7H2,1H3. The van der Waals surface area contributed by atoms with Crippen LogP contribution in [0.15, 0.2) is 18.2 Å². The Bertz CT molecular complexity index is 483. The first kappa shape index (κ1) is 11.5. The highest BCUT2D eigenvalue weighted by atomic mass is 16.5. The quantitative estimate of drug-likeness (QED) is 0.788. The zero-order valence-corrected chi connectivity index (χ0v) is 10.3. The summed E-state index contributed by atoms with van der Waals surface area (Å²) in [5.41, 5.74) is 2.57. The molecule has 0 spiro atoms. The third-order valence-electron chi connectivity index (χ3n) is 3.61. The molecule has 96 valence electrons. The van der Waals surface area contributed by atoms with Crippen molar-refractivity contribution in [1.29, 1.82) is 0 Å². The number of hydrogen-bond donors (Lipinski definition) is 1. The summed E-state index contributed by atoms with van der Waals surface area (Å²) in [6.45, 7) is 3.18. The minimum atomic E-state index is -1.01. The Morgan fingerprint density at radius 2 is 2.06 bits per heavy atom. The number of amides is 1. The van der Waals surface area contributed by atoms with E-state index in [1.807, 2.05) is 18.2 Å². The van der Waals surface area contributed by atoms with E-state index in [1.165, 1.54) is 4.90 Å². The third-order valence-corrected chi connectivity index (χ3v) is 3.61. The van der Waals surface area contributed by atoms with Crippen LogP contribution in [0.25, 0.3) is 0 Å². The molecule has 0 radical (unpaired) electrons. The Hall–Kier alpha value is -1.59. The van der Waals surface area contributed by atoms with Gasteiger partial charge in [-0.15, -0.1) is 0 Å². The fraction of sp³-hybridized carbons (Fsp3) is 0.462. The second-order valence-electron chi connectivity index (χ2n) is 4.64. The number of benzene rings is 1. The van der Waals surface area contributed by atoms with Gasteiger partial charge < -0.3 is 19.6 Å². The molecule has 1 unspecified atom stereocenters. The number of fused-ring (bicyclic) bond motifs is 1. The van der Waals surface area contributed by atoms with Crippen LogP contribution >= 0.6 is 0 Å². The molecule has 2 heterocycles. The average Bonchev–Trinajstić information content (AvgIpc) is 2.65. The summed E-state index contributed by atoms with van der Waals surface area (Å²) >= 11 is 0. The summed E-state index contributed by atoms with van der Waals surface area (Å²) in [6, 6.07) is 5.76. The van der Waals surface area contributed by atoms with Crippen LogP contribution in [0.2, 0.25) is 0 Å². The van der Waals surface area contributed by atoms with Gasteiger partial charge in [-0.2, -0.15) is 0 Å². The largest absolute Gasteiger partial charge is 0.378 e. The van der Waals surface area contributed by atoms with Gasteiger partial charge in [0, 0.05) is 31.4 Å². The minimum Gasteiger partial charge on any atom is -0.378 e. The van der Waals surface area contributed by atoms with Crippen LogP contribution < -0.4 is 9.80 Å². The van der Waals surface area contributed by atoms with Crippen LogP contribution in [0.1, 0.15) is 11.7 Å². The van der Waals surface area contributed by atoms with E-state index in [2.05, 4.69) is 4.90 Å². The van der Waals surface area contributed by atoms with Crippen molar-refractivity contribution in [2.75, 3.05) is 43.2 Å². The van der Waals surface area contributed by atoms with E-state index in [-0.39, 0.29) is 5.91 Å². The fourth-order valence-electron chi connectivity index (χ4n) is 2.51. The third kappa shape index (κ3) is 1.67. The molecule has 18 heavy (non-hydrogen) atoms. The normalized spacial score (nSPS) is 23.4. The van der Waals surface area contributed by atoms with Gasteiger partial charge in [-0.1, -0.05) is 6.07 Å². The highest BCUT2D eigenvalue weighted by molar-refractivity contribution is 6.03. The van der Waals surface area contributed by atoms with Gasteiger partial charge >= 0.3 is 0 Å². The lowest BCUT2D eigenvalue weighted by molar-refractivity contribution is -0.125. The van der Waals surface area contributed by atoms with E-state index in [4.69, 9.17) is 4.74 Å². The van der Waals surface area contributed by atoms with Crippen molar-refractivity contribution in [1.82, 2.24) is 0 Å². The molecule has 1 aromatic carbocycles. The number of nitrogens with zero attached hydrogens (tertiary/aromatic N) is 2. The molecule has 5 nitrogen and oxygen atoms in total. The number of ether oxygens (including phenoxy) is 1. The molecule has 1 atom stereocenters. The Balaban J connectivity index is 1.94. The molecule has 1 aromatic rings. The van der Waals surface area contributed by atoms with Crippen LogP contribution in [0, 0.1) is 0 Å². The minimum absolute atomic E-state index is 0.260. The number of likely N-dealkylation sites (N-methyl/N-ethyl adjacent to an activating group) is 1. The molecule has 2 aliphatic heterocycles. The monoisotopic (exact) mass is 248 g/mol. The molecule has 1 N–H and O–H groups in total. The summed E-state index contributed by atoms with van der Waals surface area (Å²) in [5, 5.41) is 9.80. The van der Waals surface area contributed by atoms with Gasteiger partial charge in [0.2, 0.25) is 0 Å². The van der Waals surface area contributed by atoms with E-state index >= 15 is 0 Å². The summed E-state index contributed by atoms with van der Waals surface area (Å²) in [4.78, 5) is 15.4. The molecule has 1 fully saturated rings. The van der Waals surface area contributed by atoms with Gasteiger partial charge in [0.05, 0.1) is 18.9 Å². The summed E-state index contributed by atoms with van der Waals surface area (Å²) in [5.74, 6) is -0.260. The van der Waals surface area contributed by atoms with Gasteiger partial charge in [0.15, 0.2) is 6.10 Å². The molecule has 1 saturated heterocycles. The van der Waals surface area contributed by atoms with Crippen molar-refractivity contribution in [2.24, 2.45) is 0 Å². The van der Waals surface area contributed by atoms with Gasteiger partial charge in [0.25, 0.3) is 5.91 Å². The Morgan fingerprint density at radius 3 is 2.78 bits per heavy atom. The van der Waals surface area contributed by atoms with Gasteiger partial charge in [-0.25, -0.2) is 0 Å². The van der Waals surface area contributed by atoms with Crippen molar-refractivity contribution in [3.05, 3.63) is 23.8 Å². The maximum atomic E-state index is 11.7. The number of aliphatic hydroxyl groups is 1. The SMILES string of the molecule is CN1C(=O)C(O)c2ccc(N3CCOCC3)cc21. The first-order valence-electron chi connectivity index (χ1n) is 6.11. The lowest BCUT2D eigenvalue weighted by Crippen LogP contribution is -2.36. The van der Waals surface area contributed by atoms with Crippen molar-refractivity contribution in [3.8, 4) is 0 Å². The number of carbonyl (C=O) groups excluding carboxylic acids is 1. The molecule has 5 heteroatoms. The molecule has 1 amide bonds. The van der Waals surface area contributed by atoms with E-state index in [9.17, 15) is 9.90 Å². The number of anilines is 2. The van der Waals surface area contributed by atoms with Crippen LogP contribution in [0.5, 0.6) is 0 Å². The molecule has 0 aliphatic carbocycles. The highest BCUT2D eigenvalue weighted by Gasteiger charge is 2.33. The van der Waals surface area contributed by atoms with E-state index in [0.717, 1.165) is 37.7 Å².